The third-order valence-electron chi connectivity index (χ3n) is 7.16. The monoisotopic (exact) mass is 506 g/mol. The molecule has 0 aliphatic rings. The summed E-state index contributed by atoms with van der Waals surface area (Å²) in [6.07, 6.45) is 3.98. The van der Waals surface area contributed by atoms with Crippen LogP contribution >= 0.6 is 11.6 Å². The molecule has 0 atom stereocenters. The summed E-state index contributed by atoms with van der Waals surface area (Å²) in [6, 6.07) is 26.6. The number of para-hydroxylation sites is 1. The highest BCUT2D eigenvalue weighted by Gasteiger charge is 2.13. The summed E-state index contributed by atoms with van der Waals surface area (Å²) < 4.78 is 11.1. The van der Waals surface area contributed by atoms with Gasteiger partial charge in [-0.1, -0.05) is 35.9 Å². The molecule has 6 rings (SSSR count). The molecule has 2 aromatic heterocycles. The summed E-state index contributed by atoms with van der Waals surface area (Å²) in [7, 11) is 3.41. The molecule has 0 aliphatic heterocycles. The van der Waals surface area contributed by atoms with Crippen molar-refractivity contribution in [2.75, 3.05) is 14.2 Å². The quantitative estimate of drug-likeness (QED) is 0.161. The van der Waals surface area contributed by atoms with Crippen molar-refractivity contribution in [1.82, 2.24) is 9.97 Å². The van der Waals surface area contributed by atoms with E-state index < -0.39 is 0 Å². The Morgan fingerprint density at radius 2 is 1.11 bits per heavy atom. The average molecular weight is 507 g/mol. The maximum absolute atomic E-state index is 6.31. The molecule has 0 bridgehead atoms. The molecule has 5 heteroatoms. The molecular weight excluding hydrogens is 480 g/mol. The van der Waals surface area contributed by atoms with Gasteiger partial charge in [0, 0.05) is 26.6 Å². The lowest BCUT2D eigenvalue weighted by Crippen LogP contribution is -1.97. The van der Waals surface area contributed by atoms with E-state index in [0.717, 1.165) is 75.4 Å². The van der Waals surface area contributed by atoms with Gasteiger partial charge in [0.2, 0.25) is 0 Å². The zero-order valence-corrected chi connectivity index (χ0v) is 21.7. The van der Waals surface area contributed by atoms with Gasteiger partial charge in [-0.05, 0) is 91.4 Å². The van der Waals surface area contributed by atoms with E-state index in [2.05, 4.69) is 48.5 Å². The minimum absolute atomic E-state index is 0.700. The number of unbranched alkanes of at least 4 members (excludes halogenated alkanes) is 1. The third kappa shape index (κ3) is 4.42. The van der Waals surface area contributed by atoms with Crippen molar-refractivity contribution in [3.8, 4) is 11.5 Å². The van der Waals surface area contributed by atoms with Gasteiger partial charge in [0.1, 0.15) is 11.5 Å². The predicted octanol–water partition coefficient (Wildman–Crippen LogP) is 8.33. The molecule has 0 aliphatic carbocycles. The maximum atomic E-state index is 6.31. The number of hydrogen-bond donors (Lipinski definition) is 0. The fraction of sp³-hybridized carbons (Fsp3) is 0.188. The van der Waals surface area contributed by atoms with Crippen molar-refractivity contribution in [2.45, 2.75) is 25.7 Å². The molecule has 37 heavy (non-hydrogen) atoms. The van der Waals surface area contributed by atoms with Crippen LogP contribution in [0.1, 0.15) is 24.0 Å². The van der Waals surface area contributed by atoms with Crippen LogP contribution in [0.3, 0.4) is 0 Å². The summed E-state index contributed by atoms with van der Waals surface area (Å²) in [5.41, 5.74) is 6.55. The number of methoxy groups -OCH3 is 2. The molecule has 4 nitrogen and oxygen atoms in total. The molecule has 0 saturated carbocycles. The topological polar surface area (TPSA) is 44.2 Å². The minimum atomic E-state index is 0.700. The first kappa shape index (κ1) is 23.5. The first-order valence-corrected chi connectivity index (χ1v) is 12.9. The lowest BCUT2D eigenvalue weighted by molar-refractivity contribution is 0.415. The number of halogens is 1. The number of nitrogens with zero attached hydrogens (tertiary/aromatic N) is 2. The van der Waals surface area contributed by atoms with E-state index in [-0.39, 0.29) is 0 Å². The van der Waals surface area contributed by atoms with Crippen molar-refractivity contribution in [1.29, 1.82) is 0 Å². The van der Waals surface area contributed by atoms with E-state index in [0.29, 0.717) is 5.02 Å². The zero-order chi connectivity index (χ0) is 25.4. The number of ether oxygens (including phenoxy) is 2. The van der Waals surface area contributed by atoms with Crippen LogP contribution in [0.2, 0.25) is 5.02 Å². The van der Waals surface area contributed by atoms with Gasteiger partial charge in [0.15, 0.2) is 0 Å². The van der Waals surface area contributed by atoms with Gasteiger partial charge in [-0.25, -0.2) is 9.97 Å². The Balaban J connectivity index is 1.35. The predicted molar refractivity (Wildman–Crippen MR) is 153 cm³/mol. The Bertz CT molecular complexity index is 1780. The highest BCUT2D eigenvalue weighted by atomic mass is 35.5. The van der Waals surface area contributed by atoms with Crippen molar-refractivity contribution in [3.63, 3.8) is 0 Å². The molecule has 0 spiro atoms. The Hall–Kier alpha value is -3.89. The molecule has 184 valence electrons. The maximum Gasteiger partial charge on any atom is 0.119 e. The lowest BCUT2D eigenvalue weighted by atomic mass is 9.94. The molecule has 0 saturated heterocycles. The van der Waals surface area contributed by atoms with E-state index in [1.54, 1.807) is 14.2 Å². The van der Waals surface area contributed by atoms with Gasteiger partial charge in [-0.15, -0.1) is 0 Å². The smallest absolute Gasteiger partial charge is 0.119 e. The van der Waals surface area contributed by atoms with Crippen LogP contribution in [0.15, 0.2) is 78.9 Å². The van der Waals surface area contributed by atoms with Crippen LogP contribution in [0, 0.1) is 0 Å². The second-order valence-electron chi connectivity index (χ2n) is 9.33. The Labute approximate surface area is 220 Å². The van der Waals surface area contributed by atoms with Gasteiger partial charge < -0.3 is 9.47 Å². The number of aryl methyl sites for hydroxylation is 2. The third-order valence-corrected chi connectivity index (χ3v) is 7.39. The largest absolute Gasteiger partial charge is 0.497 e. The van der Waals surface area contributed by atoms with Crippen molar-refractivity contribution >= 4 is 55.2 Å². The molecule has 2 heterocycles. The van der Waals surface area contributed by atoms with Crippen LogP contribution in [-0.2, 0) is 12.8 Å². The molecule has 0 radical (unpaired) electrons. The summed E-state index contributed by atoms with van der Waals surface area (Å²) in [5, 5.41) is 5.36. The molecular formula is C32H27ClN2O2. The van der Waals surface area contributed by atoms with Gasteiger partial charge in [-0.2, -0.15) is 0 Å². The number of hydrogen-bond acceptors (Lipinski definition) is 4. The van der Waals surface area contributed by atoms with E-state index in [4.69, 9.17) is 31.0 Å². The molecule has 0 N–H and O–H groups in total. The summed E-state index contributed by atoms with van der Waals surface area (Å²) in [6.45, 7) is 0. The van der Waals surface area contributed by atoms with E-state index in [9.17, 15) is 0 Å². The molecule has 6 aromatic rings. The summed E-state index contributed by atoms with van der Waals surface area (Å²) in [4.78, 5) is 9.77. The molecule has 0 unspecified atom stereocenters. The SMILES string of the molecule is COc1ccc2nc3ccccc3c(CCCCc3c4ccc(Cl)cc4nc4ccc(OC)cc34)c2c1. The van der Waals surface area contributed by atoms with Crippen LogP contribution in [-0.4, -0.2) is 24.2 Å². The summed E-state index contributed by atoms with van der Waals surface area (Å²) in [5.74, 6) is 1.70. The fourth-order valence-electron chi connectivity index (χ4n) is 5.33. The van der Waals surface area contributed by atoms with Crippen LogP contribution in [0.5, 0.6) is 11.5 Å². The van der Waals surface area contributed by atoms with E-state index >= 15 is 0 Å². The average Bonchev–Trinajstić information content (AvgIpc) is 2.93. The second kappa shape index (κ2) is 9.87. The van der Waals surface area contributed by atoms with E-state index in [1.807, 2.05) is 30.3 Å². The number of fused-ring (bicyclic) bond motifs is 4. The highest BCUT2D eigenvalue weighted by Crippen LogP contribution is 2.33. The first-order valence-electron chi connectivity index (χ1n) is 12.6. The normalized spacial score (nSPS) is 11.5. The fourth-order valence-corrected chi connectivity index (χ4v) is 5.50. The Morgan fingerprint density at radius 3 is 1.73 bits per heavy atom. The Kier molecular flexibility index (Phi) is 6.27. The van der Waals surface area contributed by atoms with Gasteiger partial charge in [-0.3, -0.25) is 0 Å². The second-order valence-corrected chi connectivity index (χ2v) is 9.77. The van der Waals surface area contributed by atoms with Gasteiger partial charge in [0.05, 0.1) is 36.3 Å². The minimum Gasteiger partial charge on any atom is -0.497 e. The zero-order valence-electron chi connectivity index (χ0n) is 20.9. The van der Waals surface area contributed by atoms with E-state index in [1.165, 1.54) is 16.5 Å². The number of benzene rings is 4. The number of aromatic nitrogens is 2. The van der Waals surface area contributed by atoms with Crippen molar-refractivity contribution < 1.29 is 9.47 Å². The van der Waals surface area contributed by atoms with Crippen LogP contribution in [0.4, 0.5) is 0 Å². The van der Waals surface area contributed by atoms with Crippen molar-refractivity contribution in [3.05, 3.63) is 95.0 Å². The molecule has 0 amide bonds. The lowest BCUT2D eigenvalue weighted by Gasteiger charge is -2.14. The Morgan fingerprint density at radius 1 is 0.568 bits per heavy atom. The van der Waals surface area contributed by atoms with Crippen molar-refractivity contribution in [2.24, 2.45) is 0 Å². The molecule has 0 fully saturated rings. The van der Waals surface area contributed by atoms with Gasteiger partial charge >= 0.3 is 0 Å². The first-order chi connectivity index (χ1) is 18.1. The van der Waals surface area contributed by atoms with Crippen LogP contribution < -0.4 is 9.47 Å². The highest BCUT2D eigenvalue weighted by molar-refractivity contribution is 6.31. The molecule has 4 aromatic carbocycles. The standard InChI is InChI=1S/C32H27ClN2O2/c1-36-21-12-15-30-27(18-21)23(25-9-5-6-10-29(25)34-30)7-3-4-8-24-26-14-11-20(33)17-32(26)35-31-16-13-22(37-2)19-28(24)31/h5-6,9-19H,3-4,7-8H2,1-2H3. The van der Waals surface area contributed by atoms with Gasteiger partial charge in [0.25, 0.3) is 0 Å². The van der Waals surface area contributed by atoms with Crippen LogP contribution in [0.25, 0.3) is 43.6 Å². The number of rotatable bonds is 7. The number of pyridine rings is 2. The summed E-state index contributed by atoms with van der Waals surface area (Å²) >= 11 is 6.31.